The Morgan fingerprint density at radius 2 is 1.16 bits per heavy atom. The molecule has 44 heavy (non-hydrogen) atoms. The molecule has 3 aromatic carbocycles. The van der Waals surface area contributed by atoms with Gasteiger partial charge in [0.15, 0.2) is 28.7 Å². The van der Waals surface area contributed by atoms with E-state index >= 15 is 0 Å². The molecule has 0 saturated heterocycles. The summed E-state index contributed by atoms with van der Waals surface area (Å²) in [5.41, 5.74) is 2.19. The summed E-state index contributed by atoms with van der Waals surface area (Å²) < 4.78 is 70.9. The Bertz CT molecular complexity index is 1800. The summed E-state index contributed by atoms with van der Waals surface area (Å²) >= 11 is 0. The van der Waals surface area contributed by atoms with E-state index in [0.29, 0.717) is 62.4 Å². The molecule has 0 spiro atoms. The van der Waals surface area contributed by atoms with E-state index < -0.39 is 11.9 Å². The van der Waals surface area contributed by atoms with Crippen molar-refractivity contribution in [3.05, 3.63) is 78.0 Å². The average Bonchev–Trinajstić information content (AvgIpc) is 3.40. The minimum atomic E-state index is -4.75. The van der Waals surface area contributed by atoms with Gasteiger partial charge in [-0.1, -0.05) is 0 Å². The molecule has 0 unspecified atom stereocenters. The number of methoxy groups -OCH3 is 5. The molecule has 5 aromatic rings. The van der Waals surface area contributed by atoms with Crippen molar-refractivity contribution in [3.63, 3.8) is 0 Å². The number of nitrogens with zero attached hydrogens (tertiary/aromatic N) is 4. The first kappa shape index (κ1) is 30.2. The van der Waals surface area contributed by atoms with Gasteiger partial charge in [-0.25, -0.2) is 9.97 Å². The van der Waals surface area contributed by atoms with Gasteiger partial charge in [-0.05, 0) is 73.7 Å². The van der Waals surface area contributed by atoms with Crippen LogP contribution in [0.5, 0.6) is 28.7 Å². The fourth-order valence-electron chi connectivity index (χ4n) is 4.80. The van der Waals surface area contributed by atoms with Crippen molar-refractivity contribution in [2.75, 3.05) is 35.5 Å². The summed E-state index contributed by atoms with van der Waals surface area (Å²) in [5, 5.41) is 4.78. The third kappa shape index (κ3) is 5.70. The predicted molar refractivity (Wildman–Crippen MR) is 158 cm³/mol. The molecule has 0 radical (unpaired) electrons. The highest BCUT2D eigenvalue weighted by molar-refractivity contribution is 5.78. The van der Waals surface area contributed by atoms with E-state index in [9.17, 15) is 13.2 Å². The maximum absolute atomic E-state index is 14.2. The topological polar surface area (TPSA) is 89.8 Å². The number of alkyl halides is 3. The van der Waals surface area contributed by atoms with Gasteiger partial charge in [0.2, 0.25) is 0 Å². The molecule has 0 amide bonds. The molecular formula is C32H29F3N4O5. The Balaban J connectivity index is 1.80. The Labute approximate surface area is 251 Å². The van der Waals surface area contributed by atoms with E-state index in [-0.39, 0.29) is 11.6 Å². The minimum absolute atomic E-state index is 0.0593. The lowest BCUT2D eigenvalue weighted by molar-refractivity contribution is -0.141. The van der Waals surface area contributed by atoms with Crippen LogP contribution in [-0.2, 0) is 6.18 Å². The van der Waals surface area contributed by atoms with Crippen molar-refractivity contribution in [1.29, 1.82) is 0 Å². The van der Waals surface area contributed by atoms with Gasteiger partial charge in [-0.2, -0.15) is 23.0 Å². The highest BCUT2D eigenvalue weighted by Gasteiger charge is 2.35. The van der Waals surface area contributed by atoms with Crippen molar-refractivity contribution < 1.29 is 36.9 Å². The number of aromatic nitrogens is 4. The summed E-state index contributed by atoms with van der Waals surface area (Å²) in [4.78, 5) is 8.51. The average molecular weight is 607 g/mol. The minimum Gasteiger partial charge on any atom is -0.497 e. The molecular weight excluding hydrogens is 577 g/mol. The molecule has 0 aliphatic carbocycles. The maximum Gasteiger partial charge on any atom is 0.433 e. The second-order valence-corrected chi connectivity index (χ2v) is 9.54. The van der Waals surface area contributed by atoms with Gasteiger partial charge >= 0.3 is 6.18 Å². The first-order chi connectivity index (χ1) is 21.1. The fourth-order valence-corrected chi connectivity index (χ4v) is 4.80. The standard InChI is InChI=1S/C32H29F3N4O5/c1-18-29(20-9-13-24(41-3)26(15-20)43-5)38-39(30(18)21-10-14-25(42-4)27(16-21)44-6)31-36-23(17-28(37-31)32(33,34)35)19-7-11-22(40-2)12-8-19/h7-17H,1-6H3. The van der Waals surface area contributed by atoms with Crippen LogP contribution in [0.1, 0.15) is 11.3 Å². The lowest BCUT2D eigenvalue weighted by Gasteiger charge is -2.14. The zero-order valence-electron chi connectivity index (χ0n) is 24.8. The van der Waals surface area contributed by atoms with Gasteiger partial charge in [0.05, 0.1) is 52.6 Å². The first-order valence-electron chi connectivity index (χ1n) is 13.3. The monoisotopic (exact) mass is 606 g/mol. The molecule has 2 heterocycles. The molecule has 228 valence electrons. The van der Waals surface area contributed by atoms with Gasteiger partial charge in [-0.15, -0.1) is 0 Å². The Hall–Kier alpha value is -5.26. The van der Waals surface area contributed by atoms with Crippen molar-refractivity contribution >= 4 is 0 Å². The number of halogens is 3. The van der Waals surface area contributed by atoms with Crippen LogP contribution in [-0.4, -0.2) is 55.3 Å². The molecule has 5 rings (SSSR count). The molecule has 0 N–H and O–H groups in total. The van der Waals surface area contributed by atoms with Gasteiger partial charge in [0, 0.05) is 22.3 Å². The van der Waals surface area contributed by atoms with Gasteiger partial charge in [0.25, 0.3) is 5.95 Å². The Kier molecular flexibility index (Phi) is 8.34. The van der Waals surface area contributed by atoms with Crippen LogP contribution in [0, 0.1) is 6.92 Å². The zero-order chi connectivity index (χ0) is 31.6. The number of hydrogen-bond donors (Lipinski definition) is 0. The van der Waals surface area contributed by atoms with Gasteiger partial charge in [0.1, 0.15) is 5.75 Å². The van der Waals surface area contributed by atoms with E-state index in [1.807, 2.05) is 6.92 Å². The number of ether oxygens (including phenoxy) is 5. The van der Waals surface area contributed by atoms with Crippen molar-refractivity contribution in [1.82, 2.24) is 19.7 Å². The lowest BCUT2D eigenvalue weighted by Crippen LogP contribution is -2.14. The van der Waals surface area contributed by atoms with E-state index in [1.54, 1.807) is 60.7 Å². The van der Waals surface area contributed by atoms with Crippen LogP contribution in [0.3, 0.4) is 0 Å². The molecule has 0 aliphatic heterocycles. The molecule has 0 aliphatic rings. The summed E-state index contributed by atoms with van der Waals surface area (Å²) in [7, 11) is 7.56. The third-order valence-corrected chi connectivity index (χ3v) is 7.02. The van der Waals surface area contributed by atoms with Gasteiger partial charge < -0.3 is 23.7 Å². The molecule has 2 aromatic heterocycles. The second-order valence-electron chi connectivity index (χ2n) is 9.54. The molecule has 9 nitrogen and oxygen atoms in total. The normalized spacial score (nSPS) is 11.3. The van der Waals surface area contributed by atoms with Crippen molar-refractivity contribution in [3.8, 4) is 68.5 Å². The maximum atomic E-state index is 14.2. The molecule has 0 saturated carbocycles. The molecule has 12 heteroatoms. The first-order valence-corrected chi connectivity index (χ1v) is 13.3. The van der Waals surface area contributed by atoms with Gasteiger partial charge in [-0.3, -0.25) is 0 Å². The Morgan fingerprint density at radius 1 is 0.614 bits per heavy atom. The Morgan fingerprint density at radius 3 is 1.70 bits per heavy atom. The van der Waals surface area contributed by atoms with Crippen LogP contribution in [0.4, 0.5) is 13.2 Å². The van der Waals surface area contributed by atoms with E-state index in [0.717, 1.165) is 6.07 Å². The summed E-state index contributed by atoms with van der Waals surface area (Å²) in [6.07, 6.45) is -4.75. The lowest BCUT2D eigenvalue weighted by atomic mass is 10.0. The van der Waals surface area contributed by atoms with E-state index in [4.69, 9.17) is 28.8 Å². The predicted octanol–water partition coefficient (Wildman–Crippen LogP) is 7.03. The third-order valence-electron chi connectivity index (χ3n) is 7.02. The quantitative estimate of drug-likeness (QED) is 0.177. The fraction of sp³-hybridized carbons (Fsp3) is 0.219. The number of rotatable bonds is 9. The second kappa shape index (κ2) is 12.2. The largest absolute Gasteiger partial charge is 0.497 e. The molecule has 0 atom stereocenters. The van der Waals surface area contributed by atoms with E-state index in [1.165, 1.54) is 40.2 Å². The smallest absolute Gasteiger partial charge is 0.433 e. The van der Waals surface area contributed by atoms with Crippen LogP contribution in [0.2, 0.25) is 0 Å². The van der Waals surface area contributed by atoms with Crippen molar-refractivity contribution in [2.45, 2.75) is 13.1 Å². The van der Waals surface area contributed by atoms with Crippen LogP contribution in [0.15, 0.2) is 66.7 Å². The zero-order valence-corrected chi connectivity index (χ0v) is 24.8. The van der Waals surface area contributed by atoms with E-state index in [2.05, 4.69) is 9.97 Å². The van der Waals surface area contributed by atoms with Crippen molar-refractivity contribution in [2.24, 2.45) is 0 Å². The van der Waals surface area contributed by atoms with Crippen LogP contribution in [0.25, 0.3) is 39.7 Å². The molecule has 0 bridgehead atoms. The highest BCUT2D eigenvalue weighted by Crippen LogP contribution is 2.40. The number of benzene rings is 3. The highest BCUT2D eigenvalue weighted by atomic mass is 19.4. The number of hydrogen-bond acceptors (Lipinski definition) is 8. The van der Waals surface area contributed by atoms with Crippen LogP contribution >= 0.6 is 0 Å². The molecule has 0 fully saturated rings. The van der Waals surface area contributed by atoms with Crippen LogP contribution < -0.4 is 23.7 Å². The summed E-state index contributed by atoms with van der Waals surface area (Å²) in [6, 6.07) is 17.9. The SMILES string of the molecule is COc1ccc(-c2cc(C(F)(F)F)nc(-n3nc(-c4ccc(OC)c(OC)c4)c(C)c3-c3ccc(OC)c(OC)c3)n2)cc1. The summed E-state index contributed by atoms with van der Waals surface area (Å²) in [5.74, 6) is 2.16. The summed E-state index contributed by atoms with van der Waals surface area (Å²) in [6.45, 7) is 1.82.